The van der Waals surface area contributed by atoms with Crippen molar-refractivity contribution >= 4 is 40.9 Å². The number of allylic oxidation sites excluding steroid dienone is 1. The van der Waals surface area contributed by atoms with Gasteiger partial charge < -0.3 is 10.5 Å². The topological polar surface area (TPSA) is 131 Å². The summed E-state index contributed by atoms with van der Waals surface area (Å²) in [5.74, 6) is -2.85. The maximum atomic E-state index is 12.8. The maximum Gasteiger partial charge on any atom is 0.338 e. The first-order valence-corrected chi connectivity index (χ1v) is 8.98. The van der Waals surface area contributed by atoms with Crippen molar-refractivity contribution in [3.63, 3.8) is 0 Å². The van der Waals surface area contributed by atoms with Gasteiger partial charge in [0.25, 0.3) is 11.8 Å². The van der Waals surface area contributed by atoms with Gasteiger partial charge in [-0.05, 0) is 37.3 Å². The van der Waals surface area contributed by atoms with Crippen molar-refractivity contribution in [2.45, 2.75) is 6.92 Å². The van der Waals surface area contributed by atoms with Gasteiger partial charge >= 0.3 is 5.97 Å². The number of benzene rings is 2. The number of carbonyl (C=O) groups excluding carboxylic acids is 4. The van der Waals surface area contributed by atoms with E-state index in [4.69, 9.17) is 27.3 Å². The van der Waals surface area contributed by atoms with Crippen LogP contribution in [0.5, 0.6) is 0 Å². The lowest BCUT2D eigenvalue weighted by Crippen LogP contribution is -2.29. The molecule has 0 aliphatic carbocycles. The molecule has 0 atom stereocenters. The lowest BCUT2D eigenvalue weighted by molar-refractivity contribution is -0.118. The van der Waals surface area contributed by atoms with Crippen LogP contribution in [0.1, 0.15) is 38.0 Å². The van der Waals surface area contributed by atoms with Gasteiger partial charge in [0.15, 0.2) is 6.61 Å². The molecule has 9 heteroatoms. The first-order chi connectivity index (χ1) is 14.3. The lowest BCUT2D eigenvalue weighted by Gasteiger charge is -2.15. The van der Waals surface area contributed by atoms with Gasteiger partial charge in [-0.2, -0.15) is 5.26 Å². The van der Waals surface area contributed by atoms with Crippen molar-refractivity contribution in [3.8, 4) is 6.07 Å². The van der Waals surface area contributed by atoms with Gasteiger partial charge in [0, 0.05) is 5.70 Å². The molecule has 0 bridgehead atoms. The fourth-order valence-corrected chi connectivity index (χ4v) is 3.10. The smallest absolute Gasteiger partial charge is 0.338 e. The van der Waals surface area contributed by atoms with Crippen LogP contribution in [0.2, 0.25) is 5.02 Å². The second kappa shape index (κ2) is 8.19. The van der Waals surface area contributed by atoms with E-state index in [9.17, 15) is 19.2 Å². The first-order valence-electron chi connectivity index (χ1n) is 8.60. The minimum Gasteiger partial charge on any atom is -0.454 e. The molecule has 2 N–H and O–H groups in total. The monoisotopic (exact) mass is 423 g/mol. The Kier molecular flexibility index (Phi) is 5.67. The van der Waals surface area contributed by atoms with Gasteiger partial charge in [-0.15, -0.1) is 0 Å². The van der Waals surface area contributed by atoms with Crippen molar-refractivity contribution in [1.82, 2.24) is 0 Å². The second-order valence-electron chi connectivity index (χ2n) is 6.33. The summed E-state index contributed by atoms with van der Waals surface area (Å²) in [6.07, 6.45) is 0. The Bertz CT molecular complexity index is 1180. The molecule has 0 spiro atoms. The van der Waals surface area contributed by atoms with Crippen LogP contribution in [0.3, 0.4) is 0 Å². The predicted octanol–water partition coefficient (Wildman–Crippen LogP) is 2.62. The molecule has 0 saturated carbocycles. The highest BCUT2D eigenvalue weighted by molar-refractivity contribution is 6.39. The zero-order chi connectivity index (χ0) is 22.0. The van der Waals surface area contributed by atoms with Crippen LogP contribution in [0, 0.1) is 11.3 Å². The molecule has 1 aliphatic rings. The summed E-state index contributed by atoms with van der Waals surface area (Å²) in [6, 6.07) is 11.9. The minimum absolute atomic E-state index is 0.0103. The van der Waals surface area contributed by atoms with Crippen LogP contribution < -0.4 is 10.6 Å². The first kappa shape index (κ1) is 20.8. The van der Waals surface area contributed by atoms with Crippen LogP contribution in [0.4, 0.5) is 5.69 Å². The van der Waals surface area contributed by atoms with Gasteiger partial charge in [0.2, 0.25) is 5.78 Å². The Balaban J connectivity index is 1.82. The number of ether oxygens (including phenoxy) is 1. The number of fused-ring (bicyclic) bond motifs is 1. The van der Waals surface area contributed by atoms with E-state index in [1.165, 1.54) is 31.2 Å². The van der Waals surface area contributed by atoms with Crippen LogP contribution in [0.15, 0.2) is 53.7 Å². The zero-order valence-corrected chi connectivity index (χ0v) is 16.4. The number of amides is 2. The number of hydrogen-bond acceptors (Lipinski definition) is 7. The molecule has 8 nitrogen and oxygen atoms in total. The van der Waals surface area contributed by atoms with Crippen LogP contribution in [0.25, 0.3) is 0 Å². The summed E-state index contributed by atoms with van der Waals surface area (Å²) in [7, 11) is 0. The summed E-state index contributed by atoms with van der Waals surface area (Å²) >= 11 is 6.10. The number of carbonyl (C=O) groups is 4. The van der Waals surface area contributed by atoms with E-state index in [1.54, 1.807) is 24.3 Å². The van der Waals surface area contributed by atoms with Gasteiger partial charge in [0.05, 0.1) is 27.4 Å². The number of nitriles is 1. The normalized spacial score (nSPS) is 13.4. The second-order valence-corrected chi connectivity index (χ2v) is 6.73. The Labute approximate surface area is 176 Å². The molecule has 30 heavy (non-hydrogen) atoms. The molecular formula is C21H14ClN3O5. The van der Waals surface area contributed by atoms with Crippen molar-refractivity contribution in [2.24, 2.45) is 5.73 Å². The fraction of sp³-hybridized carbons (Fsp3) is 0.0952. The summed E-state index contributed by atoms with van der Waals surface area (Å²) < 4.78 is 4.92. The van der Waals surface area contributed by atoms with Crippen molar-refractivity contribution < 1.29 is 23.9 Å². The highest BCUT2D eigenvalue weighted by Gasteiger charge is 2.38. The third-order valence-corrected chi connectivity index (χ3v) is 4.65. The fourth-order valence-electron chi connectivity index (χ4n) is 2.88. The van der Waals surface area contributed by atoms with Crippen LogP contribution in [-0.4, -0.2) is 30.2 Å². The molecule has 1 heterocycles. The molecule has 0 unspecified atom stereocenters. The van der Waals surface area contributed by atoms with Gasteiger partial charge in [-0.3, -0.25) is 14.4 Å². The molecule has 1 aliphatic heterocycles. The number of anilines is 1. The summed E-state index contributed by atoms with van der Waals surface area (Å²) in [5, 5.41) is 9.14. The van der Waals surface area contributed by atoms with E-state index in [-0.39, 0.29) is 38.7 Å². The van der Waals surface area contributed by atoms with E-state index < -0.39 is 30.2 Å². The number of Topliss-reactive ketones (excluding diaryl/α,β-unsaturated/α-hetero) is 1. The van der Waals surface area contributed by atoms with E-state index in [0.29, 0.717) is 0 Å². The summed E-state index contributed by atoms with van der Waals surface area (Å²) in [5.41, 5.74) is 5.48. The zero-order valence-electron chi connectivity index (χ0n) is 15.6. The highest BCUT2D eigenvalue weighted by Crippen LogP contribution is 2.33. The Morgan fingerprint density at radius 3 is 2.43 bits per heavy atom. The minimum atomic E-state index is -0.894. The third-order valence-electron chi connectivity index (χ3n) is 4.33. The SMILES string of the molecule is CC(N)=C(C#N)C(=O)COC(=O)c1ccc2c(c1)C(=O)N(c1ccccc1Cl)C2=O. The predicted molar refractivity (Wildman–Crippen MR) is 107 cm³/mol. The maximum absolute atomic E-state index is 12.8. The van der Waals surface area contributed by atoms with Crippen molar-refractivity contribution in [2.75, 3.05) is 11.5 Å². The summed E-state index contributed by atoms with van der Waals surface area (Å²) in [4.78, 5) is 50.6. The lowest BCUT2D eigenvalue weighted by atomic mass is 10.1. The molecule has 0 saturated heterocycles. The van der Waals surface area contributed by atoms with E-state index in [1.807, 2.05) is 0 Å². The van der Waals surface area contributed by atoms with Crippen LogP contribution in [-0.2, 0) is 9.53 Å². The number of imide groups is 1. The molecule has 2 amide bonds. The Hall–Kier alpha value is -3.96. The number of ketones is 1. The largest absolute Gasteiger partial charge is 0.454 e. The number of esters is 1. The third kappa shape index (κ3) is 3.66. The molecule has 2 aromatic rings. The number of nitrogens with two attached hydrogens (primary N) is 1. The molecule has 0 radical (unpaired) electrons. The molecule has 0 fully saturated rings. The van der Waals surface area contributed by atoms with Gasteiger partial charge in [-0.1, -0.05) is 23.7 Å². The molecule has 3 rings (SSSR count). The quantitative estimate of drug-likeness (QED) is 0.338. The van der Waals surface area contributed by atoms with E-state index in [2.05, 4.69) is 0 Å². The molecule has 2 aromatic carbocycles. The van der Waals surface area contributed by atoms with E-state index in [0.717, 1.165) is 4.90 Å². The average molecular weight is 424 g/mol. The number of para-hydroxylation sites is 1. The van der Waals surface area contributed by atoms with Crippen molar-refractivity contribution in [3.05, 3.63) is 75.4 Å². The van der Waals surface area contributed by atoms with Gasteiger partial charge in [-0.25, -0.2) is 9.69 Å². The van der Waals surface area contributed by atoms with E-state index >= 15 is 0 Å². The molecule has 150 valence electrons. The van der Waals surface area contributed by atoms with Crippen molar-refractivity contribution in [1.29, 1.82) is 5.26 Å². The number of hydrogen-bond donors (Lipinski definition) is 1. The molecular weight excluding hydrogens is 410 g/mol. The highest BCUT2D eigenvalue weighted by atomic mass is 35.5. The number of halogens is 1. The number of nitrogens with zero attached hydrogens (tertiary/aromatic N) is 2. The Morgan fingerprint density at radius 2 is 1.80 bits per heavy atom. The standard InChI is InChI=1S/C21H14ClN3O5/c1-11(24)15(9-23)18(26)10-30-21(29)12-6-7-13-14(8-12)20(28)25(19(13)27)17-5-3-2-4-16(17)22/h2-8H,10,24H2,1H3. The summed E-state index contributed by atoms with van der Waals surface area (Å²) in [6.45, 7) is 0.693. The number of rotatable bonds is 5. The average Bonchev–Trinajstić information content (AvgIpc) is 2.96. The van der Waals surface area contributed by atoms with Crippen LogP contribution >= 0.6 is 11.6 Å². The molecule has 0 aromatic heterocycles. The van der Waals surface area contributed by atoms with Gasteiger partial charge in [0.1, 0.15) is 11.6 Å². The Morgan fingerprint density at radius 1 is 1.13 bits per heavy atom.